The Balaban J connectivity index is 1.44. The Morgan fingerprint density at radius 3 is 2.74 bits per heavy atom. The highest BCUT2D eigenvalue weighted by molar-refractivity contribution is 8.01. The van der Waals surface area contributed by atoms with Crippen LogP contribution in [-0.4, -0.2) is 80.7 Å². The first-order chi connectivity index (χ1) is 16.1. The first-order valence-corrected chi connectivity index (χ1v) is 12.1. The van der Waals surface area contributed by atoms with E-state index in [0.29, 0.717) is 16.5 Å². The minimum atomic E-state index is -2.89. The number of hydrogen-bond donors (Lipinski definition) is 2. The smallest absolute Gasteiger partial charge is 0.352 e. The molecule has 0 aliphatic carbocycles. The van der Waals surface area contributed by atoms with Gasteiger partial charge < -0.3 is 10.4 Å². The van der Waals surface area contributed by atoms with Crippen LogP contribution in [0.5, 0.6) is 0 Å². The van der Waals surface area contributed by atoms with Crippen molar-refractivity contribution in [1.82, 2.24) is 40.2 Å². The van der Waals surface area contributed by atoms with Crippen LogP contribution >= 0.6 is 35.1 Å². The van der Waals surface area contributed by atoms with E-state index in [1.807, 2.05) is 0 Å². The van der Waals surface area contributed by atoms with E-state index in [-0.39, 0.29) is 22.2 Å². The molecule has 34 heavy (non-hydrogen) atoms. The van der Waals surface area contributed by atoms with Crippen molar-refractivity contribution >= 4 is 52.9 Å². The molecule has 1 saturated heterocycles. The van der Waals surface area contributed by atoms with Crippen LogP contribution in [0.4, 0.5) is 8.78 Å². The third-order valence-electron chi connectivity index (χ3n) is 5.18. The Kier molecular flexibility index (Phi) is 6.82. The van der Waals surface area contributed by atoms with E-state index >= 15 is 0 Å². The number of fused-ring (bicyclic) bond motifs is 1. The van der Waals surface area contributed by atoms with Gasteiger partial charge >= 0.3 is 5.97 Å². The van der Waals surface area contributed by atoms with Gasteiger partial charge in [0.1, 0.15) is 29.4 Å². The van der Waals surface area contributed by atoms with Crippen molar-refractivity contribution in [2.75, 3.05) is 11.5 Å². The predicted octanol–water partition coefficient (Wildman–Crippen LogP) is 0.837. The van der Waals surface area contributed by atoms with Gasteiger partial charge in [-0.3, -0.25) is 19.2 Å². The van der Waals surface area contributed by atoms with Gasteiger partial charge in [0.15, 0.2) is 0 Å². The molecular formula is C17H17ClF2N8O4S2. The third kappa shape index (κ3) is 4.36. The SMILES string of the molecule is Cc1c(Cl)c(C(F)F)nn1CC(=O)N[C@@H]1C(=O)N2C(C(=O)O)=C(CSc3nnnn3C)CS[C@H]12. The van der Waals surface area contributed by atoms with E-state index in [0.717, 1.165) is 9.58 Å². The maximum atomic E-state index is 13.0. The van der Waals surface area contributed by atoms with Crippen LogP contribution < -0.4 is 5.32 Å². The summed E-state index contributed by atoms with van der Waals surface area (Å²) in [5, 5.41) is 26.7. The minimum Gasteiger partial charge on any atom is -0.477 e. The number of alkyl halides is 2. The van der Waals surface area contributed by atoms with Gasteiger partial charge in [0.25, 0.3) is 12.3 Å². The summed E-state index contributed by atoms with van der Waals surface area (Å²) in [4.78, 5) is 38.3. The van der Waals surface area contributed by atoms with Gasteiger partial charge in [-0.25, -0.2) is 18.3 Å². The number of hydrogen-bond acceptors (Lipinski definition) is 9. The van der Waals surface area contributed by atoms with Crippen molar-refractivity contribution in [3.8, 4) is 0 Å². The Labute approximate surface area is 204 Å². The topological polar surface area (TPSA) is 148 Å². The van der Waals surface area contributed by atoms with Crippen molar-refractivity contribution in [2.45, 2.75) is 36.5 Å². The Morgan fingerprint density at radius 1 is 1.41 bits per heavy atom. The van der Waals surface area contributed by atoms with E-state index in [9.17, 15) is 28.3 Å². The number of rotatable bonds is 8. The lowest BCUT2D eigenvalue weighted by Gasteiger charge is -2.49. The number of carbonyl (C=O) groups excluding carboxylic acids is 2. The van der Waals surface area contributed by atoms with Crippen LogP contribution in [0.1, 0.15) is 17.8 Å². The minimum absolute atomic E-state index is 0.127. The second kappa shape index (κ2) is 9.50. The first-order valence-electron chi connectivity index (χ1n) is 9.65. The zero-order chi connectivity index (χ0) is 24.7. The van der Waals surface area contributed by atoms with Crippen LogP contribution in [0.15, 0.2) is 16.4 Å². The van der Waals surface area contributed by atoms with E-state index in [4.69, 9.17) is 11.6 Å². The fraction of sp³-hybridized carbons (Fsp3) is 0.471. The number of carbonyl (C=O) groups is 3. The van der Waals surface area contributed by atoms with Crippen LogP contribution in [0, 0.1) is 6.92 Å². The lowest BCUT2D eigenvalue weighted by atomic mass is 10.0. The number of amides is 2. The summed E-state index contributed by atoms with van der Waals surface area (Å²) in [5.41, 5.74) is -0.0316. The number of aromatic nitrogens is 6. The number of aliphatic carboxylic acids is 1. The van der Waals surface area contributed by atoms with Crippen molar-refractivity contribution in [2.24, 2.45) is 7.05 Å². The van der Waals surface area contributed by atoms with E-state index in [1.54, 1.807) is 7.05 Å². The number of carboxylic acids is 1. The summed E-state index contributed by atoms with van der Waals surface area (Å²) in [6.45, 7) is 1.02. The standard InChI is InChI=1S/C17H17ClF2N8O4S2/c1-6-9(18)10(13(19)20)23-27(6)3-8(29)21-11-14(30)28-12(16(31)32)7(4-33-15(11)28)5-34-17-22-24-25-26(17)2/h11,13,15H,3-5H2,1-2H3,(H,21,29)(H,31,32)/t11-,15-/m1/s1. The molecule has 0 spiro atoms. The zero-order valence-electron chi connectivity index (χ0n) is 17.6. The number of aryl methyl sites for hydroxylation is 1. The van der Waals surface area contributed by atoms with Crippen molar-refractivity contribution < 1.29 is 28.3 Å². The van der Waals surface area contributed by atoms with Crippen LogP contribution in [0.3, 0.4) is 0 Å². The lowest BCUT2D eigenvalue weighted by molar-refractivity contribution is -0.150. The summed E-state index contributed by atoms with van der Waals surface area (Å²) in [7, 11) is 1.65. The predicted molar refractivity (Wildman–Crippen MR) is 116 cm³/mol. The number of nitrogens with zero attached hydrogens (tertiary/aromatic N) is 7. The molecule has 2 atom stereocenters. The van der Waals surface area contributed by atoms with Crippen molar-refractivity contribution in [3.05, 3.63) is 27.7 Å². The summed E-state index contributed by atoms with van der Waals surface area (Å²) < 4.78 is 28.4. The third-order valence-corrected chi connectivity index (χ3v) is 8.08. The second-order valence-corrected chi connectivity index (χ2v) is 9.75. The molecule has 0 radical (unpaired) electrons. The summed E-state index contributed by atoms with van der Waals surface area (Å²) in [6.07, 6.45) is -2.89. The largest absolute Gasteiger partial charge is 0.477 e. The van der Waals surface area contributed by atoms with Crippen LogP contribution in [0.2, 0.25) is 5.02 Å². The Morgan fingerprint density at radius 2 is 2.15 bits per heavy atom. The molecule has 2 aliphatic rings. The molecule has 2 amide bonds. The molecule has 2 N–H and O–H groups in total. The molecular weight excluding hydrogens is 518 g/mol. The van der Waals surface area contributed by atoms with Gasteiger partial charge in [-0.15, -0.1) is 16.9 Å². The Bertz CT molecular complexity index is 1200. The molecule has 12 nitrogen and oxygen atoms in total. The monoisotopic (exact) mass is 534 g/mol. The Hall–Kier alpha value is -2.72. The quantitative estimate of drug-likeness (QED) is 0.368. The number of tetrazole rings is 1. The molecule has 1 fully saturated rings. The maximum Gasteiger partial charge on any atom is 0.352 e. The molecule has 0 bridgehead atoms. The van der Waals surface area contributed by atoms with Crippen LogP contribution in [-0.2, 0) is 28.0 Å². The normalized spacial score (nSPS) is 19.9. The number of nitrogens with one attached hydrogen (secondary N) is 1. The van der Waals surface area contributed by atoms with Crippen LogP contribution in [0.25, 0.3) is 0 Å². The van der Waals surface area contributed by atoms with Gasteiger partial charge in [-0.2, -0.15) is 5.10 Å². The summed E-state index contributed by atoms with van der Waals surface area (Å²) in [6, 6.07) is -0.954. The average molecular weight is 535 g/mol. The molecule has 2 aromatic rings. The van der Waals surface area contributed by atoms with Gasteiger partial charge in [-0.05, 0) is 22.9 Å². The molecule has 182 valence electrons. The fourth-order valence-electron chi connectivity index (χ4n) is 3.49. The first kappa shape index (κ1) is 24.4. The molecule has 0 saturated carbocycles. The molecule has 4 heterocycles. The number of halogens is 3. The second-order valence-electron chi connectivity index (χ2n) is 7.33. The lowest BCUT2D eigenvalue weighted by Crippen LogP contribution is -2.70. The highest BCUT2D eigenvalue weighted by atomic mass is 35.5. The van der Waals surface area contributed by atoms with E-state index in [1.165, 1.54) is 35.1 Å². The van der Waals surface area contributed by atoms with Gasteiger partial charge in [0, 0.05) is 18.6 Å². The fourth-order valence-corrected chi connectivity index (χ4v) is 6.04. The van der Waals surface area contributed by atoms with E-state index < -0.39 is 47.9 Å². The number of thioether (sulfide) groups is 2. The molecule has 2 aliphatic heterocycles. The van der Waals surface area contributed by atoms with Gasteiger partial charge in [0.2, 0.25) is 11.1 Å². The summed E-state index contributed by atoms with van der Waals surface area (Å²) >= 11 is 8.40. The van der Waals surface area contributed by atoms with E-state index in [2.05, 4.69) is 25.9 Å². The average Bonchev–Trinajstić information content (AvgIpc) is 3.32. The van der Waals surface area contributed by atoms with Crippen molar-refractivity contribution in [1.29, 1.82) is 0 Å². The number of β-lactam (4-membered cyclic amide) rings is 1. The molecule has 0 aromatic carbocycles. The zero-order valence-corrected chi connectivity index (χ0v) is 20.0. The van der Waals surface area contributed by atoms with Gasteiger partial charge in [0.05, 0.1) is 10.7 Å². The van der Waals surface area contributed by atoms with Gasteiger partial charge in [-0.1, -0.05) is 23.4 Å². The highest BCUT2D eigenvalue weighted by Gasteiger charge is 2.54. The highest BCUT2D eigenvalue weighted by Crippen LogP contribution is 2.41. The molecule has 17 heteroatoms. The maximum absolute atomic E-state index is 13.0. The number of carboxylic acid groups (broad SMARTS) is 1. The summed E-state index contributed by atoms with van der Waals surface area (Å²) in [5.74, 6) is -1.88. The molecule has 0 unspecified atom stereocenters. The molecule has 4 rings (SSSR count). The molecule has 2 aromatic heterocycles. The van der Waals surface area contributed by atoms with Crippen molar-refractivity contribution in [3.63, 3.8) is 0 Å².